The summed E-state index contributed by atoms with van der Waals surface area (Å²) in [5.41, 5.74) is 0. The molecule has 6 N–H and O–H groups in total. The number of unbranched alkanes of at least 4 members (excludes halogenated alkanes) is 19. The summed E-state index contributed by atoms with van der Waals surface area (Å²) in [7, 11) is 0. The molecule has 9 nitrogen and oxygen atoms in total. The van der Waals surface area contributed by atoms with Crippen LogP contribution in [0.5, 0.6) is 0 Å². The van der Waals surface area contributed by atoms with Crippen LogP contribution in [0.4, 0.5) is 0 Å². The normalized spacial score (nSPS) is 21.4. The first-order chi connectivity index (χ1) is 28.8. The average Bonchev–Trinajstić information content (AvgIpc) is 3.23. The molecule has 9 heteroatoms. The quantitative estimate of drug-likeness (QED) is 0.0266. The van der Waals surface area contributed by atoms with Crippen LogP contribution in [0.1, 0.15) is 181 Å². The zero-order valence-electron chi connectivity index (χ0n) is 37.2. The maximum Gasteiger partial charge on any atom is 0.224 e. The summed E-state index contributed by atoms with van der Waals surface area (Å²) in [5.74, 6) is -0.306. The van der Waals surface area contributed by atoms with Gasteiger partial charge in [-0.05, 0) is 44.9 Å². The molecule has 0 aromatic rings. The third kappa shape index (κ3) is 30.3. The molecule has 1 aliphatic rings. The van der Waals surface area contributed by atoms with Gasteiger partial charge in [-0.2, -0.15) is 0 Å². The third-order valence-corrected chi connectivity index (χ3v) is 10.8. The van der Waals surface area contributed by atoms with E-state index in [1.807, 2.05) is 12.2 Å². The first-order valence-corrected chi connectivity index (χ1v) is 23.7. The van der Waals surface area contributed by atoms with Gasteiger partial charge in [0.2, 0.25) is 5.91 Å². The Morgan fingerprint density at radius 1 is 0.593 bits per heavy atom. The van der Waals surface area contributed by atoms with Crippen LogP contribution >= 0.6 is 0 Å². The second-order valence-corrected chi connectivity index (χ2v) is 16.2. The van der Waals surface area contributed by atoms with Crippen LogP contribution in [0.2, 0.25) is 0 Å². The molecule has 0 aromatic heterocycles. The number of aliphatic hydroxyl groups is 5. The maximum atomic E-state index is 12.9. The van der Waals surface area contributed by atoms with Crippen LogP contribution in [0.25, 0.3) is 0 Å². The fourth-order valence-corrected chi connectivity index (χ4v) is 7.05. The Labute approximate surface area is 359 Å². The van der Waals surface area contributed by atoms with E-state index in [0.29, 0.717) is 6.42 Å². The van der Waals surface area contributed by atoms with E-state index in [2.05, 4.69) is 67.8 Å². The molecule has 1 heterocycles. The minimum Gasteiger partial charge on any atom is -0.394 e. The number of hydrogen-bond acceptors (Lipinski definition) is 8. The lowest BCUT2D eigenvalue weighted by Crippen LogP contribution is -2.60. The Bertz CT molecular complexity index is 1150. The van der Waals surface area contributed by atoms with Gasteiger partial charge in [-0.25, -0.2) is 0 Å². The molecular weight excluding hydrogens is 743 g/mol. The fourth-order valence-electron chi connectivity index (χ4n) is 7.05. The highest BCUT2D eigenvalue weighted by molar-refractivity contribution is 5.77. The number of rotatable bonds is 38. The Kier molecular flexibility index (Phi) is 36.8. The highest BCUT2D eigenvalue weighted by Gasteiger charge is 2.44. The number of carbonyl (C=O) groups is 1. The Morgan fingerprint density at radius 2 is 1.03 bits per heavy atom. The second kappa shape index (κ2) is 39.7. The fraction of sp³-hybridized carbons (Fsp3) is 0.740. The summed E-state index contributed by atoms with van der Waals surface area (Å²) in [6.07, 6.45) is 46.9. The molecule has 1 rings (SSSR count). The monoisotopic (exact) mass is 830 g/mol. The van der Waals surface area contributed by atoms with Gasteiger partial charge in [-0.1, -0.05) is 202 Å². The summed E-state index contributed by atoms with van der Waals surface area (Å²) in [5, 5.41) is 54.1. The molecule has 1 fully saturated rings. The number of amides is 1. The molecule has 1 aliphatic heterocycles. The van der Waals surface area contributed by atoms with E-state index < -0.39 is 49.5 Å². The van der Waals surface area contributed by atoms with Gasteiger partial charge in [0.05, 0.1) is 25.4 Å². The molecule has 7 unspecified atom stereocenters. The molecule has 59 heavy (non-hydrogen) atoms. The number of allylic oxidation sites excluding steroid dienone is 10. The predicted octanol–water partition coefficient (Wildman–Crippen LogP) is 10.2. The molecule has 0 bridgehead atoms. The zero-order chi connectivity index (χ0) is 43.0. The highest BCUT2D eigenvalue weighted by Crippen LogP contribution is 2.22. The number of carbonyl (C=O) groups excluding carboxylic acids is 1. The summed E-state index contributed by atoms with van der Waals surface area (Å²) in [4.78, 5) is 12.9. The van der Waals surface area contributed by atoms with Crippen LogP contribution < -0.4 is 5.32 Å². The van der Waals surface area contributed by atoms with Crippen molar-refractivity contribution in [3.8, 4) is 0 Å². The van der Waals surface area contributed by atoms with Crippen molar-refractivity contribution in [2.45, 2.75) is 224 Å². The molecule has 7 atom stereocenters. The first-order valence-electron chi connectivity index (χ1n) is 23.7. The Morgan fingerprint density at radius 3 is 1.49 bits per heavy atom. The van der Waals surface area contributed by atoms with E-state index in [1.54, 1.807) is 12.2 Å². The molecule has 0 aliphatic carbocycles. The topological polar surface area (TPSA) is 149 Å². The Hall–Kier alpha value is -2.37. The van der Waals surface area contributed by atoms with Gasteiger partial charge in [-0.15, -0.1) is 0 Å². The summed E-state index contributed by atoms with van der Waals surface area (Å²) in [6.45, 7) is 3.59. The van der Waals surface area contributed by atoms with E-state index in [9.17, 15) is 30.3 Å². The molecule has 1 saturated heterocycles. The van der Waals surface area contributed by atoms with Gasteiger partial charge in [0.25, 0.3) is 0 Å². The van der Waals surface area contributed by atoms with E-state index in [1.165, 1.54) is 109 Å². The zero-order valence-corrected chi connectivity index (χ0v) is 37.2. The van der Waals surface area contributed by atoms with Crippen LogP contribution in [0, 0.1) is 0 Å². The molecule has 1 amide bonds. The minimum absolute atomic E-state index is 0.111. The van der Waals surface area contributed by atoms with Crippen molar-refractivity contribution >= 4 is 5.91 Å². The van der Waals surface area contributed by atoms with Gasteiger partial charge < -0.3 is 40.3 Å². The number of ether oxygens (including phenoxy) is 2. The van der Waals surface area contributed by atoms with E-state index in [0.717, 1.165) is 44.9 Å². The summed E-state index contributed by atoms with van der Waals surface area (Å²) >= 11 is 0. The van der Waals surface area contributed by atoms with Crippen LogP contribution in [-0.2, 0) is 14.3 Å². The maximum absolute atomic E-state index is 12.9. The Balaban J connectivity index is 2.39. The number of aliphatic hydroxyl groups excluding tert-OH is 5. The summed E-state index contributed by atoms with van der Waals surface area (Å²) < 4.78 is 11.2. The van der Waals surface area contributed by atoms with Gasteiger partial charge in [0, 0.05) is 6.42 Å². The van der Waals surface area contributed by atoms with Crippen molar-refractivity contribution in [3.63, 3.8) is 0 Å². The number of hydrogen-bond donors (Lipinski definition) is 6. The second-order valence-electron chi connectivity index (χ2n) is 16.2. The SMILES string of the molecule is CC/C=C\C/C=C\C/C=C\C/C=C\C/C=C\CC(=O)NC(COC1OC(CO)C(O)C(O)C1O)C(O)/C=C/CCCCCCCCCCCCCCCCCCCCC. The minimum atomic E-state index is -1.58. The van der Waals surface area contributed by atoms with E-state index in [4.69, 9.17) is 9.47 Å². The average molecular weight is 830 g/mol. The highest BCUT2D eigenvalue weighted by atomic mass is 16.7. The molecule has 0 saturated carbocycles. The first kappa shape index (κ1) is 54.6. The van der Waals surface area contributed by atoms with Gasteiger partial charge in [-0.3, -0.25) is 4.79 Å². The van der Waals surface area contributed by atoms with E-state index >= 15 is 0 Å². The molecule has 0 radical (unpaired) electrons. The smallest absolute Gasteiger partial charge is 0.224 e. The van der Waals surface area contributed by atoms with Crippen LogP contribution in [-0.4, -0.2) is 87.5 Å². The van der Waals surface area contributed by atoms with Crippen molar-refractivity contribution in [1.29, 1.82) is 0 Å². The molecular formula is C50H87NO8. The molecule has 0 spiro atoms. The number of nitrogens with one attached hydrogen (secondary N) is 1. The van der Waals surface area contributed by atoms with Gasteiger partial charge in [0.1, 0.15) is 24.4 Å². The standard InChI is InChI=1S/C50H87NO8/c1-3-5-7-9-11-13-15-17-19-20-21-22-23-24-26-27-29-31-33-35-37-39-44(53)43(42-58-50-49(57)48(56)47(55)45(41-52)59-50)51-46(54)40-38-36-34-32-30-28-25-18-16-14-12-10-8-6-4-2/h6,8,12,14,18,25,30,32,36-39,43-45,47-50,52-53,55-57H,3-5,7,9-11,13,15-17,19-24,26-29,31,33-35,40-42H2,1-2H3,(H,51,54)/b8-6-,14-12-,25-18-,32-30-,38-36-,39-37+. The predicted molar refractivity (Wildman–Crippen MR) is 244 cm³/mol. The lowest BCUT2D eigenvalue weighted by Gasteiger charge is -2.40. The van der Waals surface area contributed by atoms with Crippen molar-refractivity contribution < 1.29 is 39.8 Å². The molecule has 340 valence electrons. The lowest BCUT2D eigenvalue weighted by atomic mass is 9.99. The molecule has 0 aromatic carbocycles. The largest absolute Gasteiger partial charge is 0.394 e. The van der Waals surface area contributed by atoms with Crippen molar-refractivity contribution in [3.05, 3.63) is 72.9 Å². The summed E-state index contributed by atoms with van der Waals surface area (Å²) in [6, 6.07) is -0.862. The van der Waals surface area contributed by atoms with Crippen molar-refractivity contribution in [2.75, 3.05) is 13.2 Å². The van der Waals surface area contributed by atoms with Crippen molar-refractivity contribution in [1.82, 2.24) is 5.32 Å². The van der Waals surface area contributed by atoms with Gasteiger partial charge >= 0.3 is 0 Å². The van der Waals surface area contributed by atoms with Crippen LogP contribution in [0.3, 0.4) is 0 Å². The van der Waals surface area contributed by atoms with Crippen LogP contribution in [0.15, 0.2) is 72.9 Å². The lowest BCUT2D eigenvalue weighted by molar-refractivity contribution is -0.302. The van der Waals surface area contributed by atoms with E-state index in [-0.39, 0.29) is 18.9 Å². The van der Waals surface area contributed by atoms with Gasteiger partial charge in [0.15, 0.2) is 6.29 Å². The third-order valence-electron chi connectivity index (χ3n) is 10.8. The van der Waals surface area contributed by atoms with Crippen molar-refractivity contribution in [2.24, 2.45) is 0 Å².